The SMILES string of the molecule is CCCSc1nc(NC2C[C@H]2c2ccc(F)c(F)c2)c2nnn([C@@H]3C[C@H](OCC(=O)OC)[C@@H](O)[C@H]3O)c2n1. The third-order valence-electron chi connectivity index (χ3n) is 6.78. The van der Waals surface area contributed by atoms with Crippen LogP contribution in [-0.2, 0) is 14.3 Å². The number of carbonyl (C=O) groups is 1. The highest BCUT2D eigenvalue weighted by Crippen LogP contribution is 2.44. The largest absolute Gasteiger partial charge is 0.467 e. The minimum absolute atomic E-state index is 0.0172. The molecule has 38 heavy (non-hydrogen) atoms. The van der Waals surface area contributed by atoms with Gasteiger partial charge in [-0.3, -0.25) is 0 Å². The molecule has 2 fully saturated rings. The van der Waals surface area contributed by atoms with E-state index >= 15 is 0 Å². The van der Waals surface area contributed by atoms with E-state index in [0.29, 0.717) is 34.1 Å². The molecule has 5 rings (SSSR count). The van der Waals surface area contributed by atoms with Gasteiger partial charge in [0.15, 0.2) is 33.8 Å². The standard InChI is InChI=1S/C24H28F2N6O5S/c1-3-6-38-24-28-22(27-15-8-12(15)11-4-5-13(25)14(26)7-11)19-23(29-24)32(31-30-19)16-9-17(21(35)20(16)34)37-10-18(33)36-2/h4-5,7,12,15-17,20-21,34-35H,3,6,8-10H2,1-2H3,(H,27,28,29)/t12-,15?,16+,17-,20-,21+/m0/s1. The molecule has 3 N–H and O–H groups in total. The number of aliphatic hydroxyl groups excluding tert-OH is 2. The maximum absolute atomic E-state index is 13.7. The quantitative estimate of drug-likeness (QED) is 0.194. The van der Waals surface area contributed by atoms with Crippen molar-refractivity contribution in [3.8, 4) is 0 Å². The molecule has 6 atom stereocenters. The molecule has 2 aliphatic rings. The van der Waals surface area contributed by atoms with E-state index in [9.17, 15) is 23.8 Å². The maximum Gasteiger partial charge on any atom is 0.331 e. The topological polar surface area (TPSA) is 145 Å². The maximum atomic E-state index is 13.7. The number of esters is 1. The number of aliphatic hydroxyl groups is 2. The summed E-state index contributed by atoms with van der Waals surface area (Å²) in [6, 6.07) is 3.13. The van der Waals surface area contributed by atoms with E-state index in [-0.39, 0.29) is 25.0 Å². The second-order valence-electron chi connectivity index (χ2n) is 9.39. The second-order valence-corrected chi connectivity index (χ2v) is 10.4. The van der Waals surface area contributed by atoms with Gasteiger partial charge in [0.1, 0.15) is 18.8 Å². The predicted octanol–water partition coefficient (Wildman–Crippen LogP) is 2.19. The van der Waals surface area contributed by atoms with Crippen molar-refractivity contribution in [2.45, 2.75) is 67.7 Å². The highest BCUT2D eigenvalue weighted by molar-refractivity contribution is 7.99. The van der Waals surface area contributed by atoms with Crippen LogP contribution in [0.4, 0.5) is 14.6 Å². The van der Waals surface area contributed by atoms with Gasteiger partial charge < -0.3 is 25.0 Å². The number of aromatic nitrogens is 5. The number of anilines is 1. The molecular formula is C24H28F2N6O5S. The molecule has 0 amide bonds. The molecule has 204 valence electrons. The lowest BCUT2D eigenvalue weighted by Gasteiger charge is -2.17. The number of ether oxygens (including phenoxy) is 2. The zero-order valence-electron chi connectivity index (χ0n) is 20.8. The first kappa shape index (κ1) is 26.7. The molecule has 11 nitrogen and oxygen atoms in total. The number of rotatable bonds is 10. The molecule has 2 aliphatic carbocycles. The van der Waals surface area contributed by atoms with E-state index in [1.54, 1.807) is 6.07 Å². The molecule has 0 saturated heterocycles. The highest BCUT2D eigenvalue weighted by atomic mass is 32.2. The number of hydrogen-bond donors (Lipinski definition) is 3. The zero-order chi connectivity index (χ0) is 27.0. The minimum atomic E-state index is -1.25. The van der Waals surface area contributed by atoms with E-state index < -0.39 is 42.0 Å². The third-order valence-corrected chi connectivity index (χ3v) is 7.83. The van der Waals surface area contributed by atoms with Crippen molar-refractivity contribution < 1.29 is 33.3 Å². The van der Waals surface area contributed by atoms with Crippen LogP contribution in [0.5, 0.6) is 0 Å². The van der Waals surface area contributed by atoms with Crippen molar-refractivity contribution in [2.24, 2.45) is 0 Å². The first-order valence-electron chi connectivity index (χ1n) is 12.3. The van der Waals surface area contributed by atoms with Crippen LogP contribution in [0.25, 0.3) is 11.2 Å². The Kier molecular flexibility index (Phi) is 7.75. The minimum Gasteiger partial charge on any atom is -0.467 e. The lowest BCUT2D eigenvalue weighted by molar-refractivity contribution is -0.150. The van der Waals surface area contributed by atoms with Gasteiger partial charge in [-0.1, -0.05) is 30.0 Å². The lowest BCUT2D eigenvalue weighted by Crippen LogP contribution is -2.34. The van der Waals surface area contributed by atoms with Crippen molar-refractivity contribution in [2.75, 3.05) is 24.8 Å². The van der Waals surface area contributed by atoms with Crippen LogP contribution < -0.4 is 5.32 Å². The summed E-state index contributed by atoms with van der Waals surface area (Å²) in [4.78, 5) is 20.7. The first-order valence-corrected chi connectivity index (χ1v) is 13.3. The Bertz CT molecular complexity index is 1330. The van der Waals surface area contributed by atoms with Gasteiger partial charge in [-0.25, -0.2) is 28.2 Å². The molecule has 3 aromatic rings. The summed E-state index contributed by atoms with van der Waals surface area (Å²) in [6.45, 7) is 1.68. The number of halogens is 2. The number of hydrogen-bond acceptors (Lipinski definition) is 11. The Hall–Kier alpha value is -2.94. The lowest BCUT2D eigenvalue weighted by atomic mass is 10.1. The molecule has 2 heterocycles. The average Bonchev–Trinajstić information content (AvgIpc) is 3.46. The van der Waals surface area contributed by atoms with Crippen LogP contribution >= 0.6 is 11.8 Å². The van der Waals surface area contributed by atoms with Crippen LogP contribution in [0.15, 0.2) is 23.4 Å². The normalized spacial score (nSPS) is 26.6. The van der Waals surface area contributed by atoms with Gasteiger partial charge in [-0.2, -0.15) is 0 Å². The highest BCUT2D eigenvalue weighted by Gasteiger charge is 2.45. The van der Waals surface area contributed by atoms with E-state index in [2.05, 4.69) is 30.3 Å². The Morgan fingerprint density at radius 1 is 1.21 bits per heavy atom. The van der Waals surface area contributed by atoms with Crippen LogP contribution in [0, 0.1) is 11.6 Å². The zero-order valence-corrected chi connectivity index (χ0v) is 21.6. The van der Waals surface area contributed by atoms with Crippen molar-refractivity contribution in [3.63, 3.8) is 0 Å². The number of thioether (sulfide) groups is 1. The molecule has 0 spiro atoms. The summed E-state index contributed by atoms with van der Waals surface area (Å²) < 4.78 is 38.6. The monoisotopic (exact) mass is 550 g/mol. The number of fused-ring (bicyclic) bond motifs is 1. The van der Waals surface area contributed by atoms with Crippen molar-refractivity contribution in [1.82, 2.24) is 25.0 Å². The van der Waals surface area contributed by atoms with Gasteiger partial charge in [0.2, 0.25) is 0 Å². The van der Waals surface area contributed by atoms with Gasteiger partial charge in [-0.15, -0.1) is 5.10 Å². The second kappa shape index (κ2) is 11.0. The summed E-state index contributed by atoms with van der Waals surface area (Å²) in [5.74, 6) is -1.16. The van der Waals surface area contributed by atoms with E-state index in [1.807, 2.05) is 6.92 Å². The molecule has 2 saturated carbocycles. The number of methoxy groups -OCH3 is 1. The van der Waals surface area contributed by atoms with Gasteiger partial charge >= 0.3 is 5.97 Å². The Morgan fingerprint density at radius 3 is 2.76 bits per heavy atom. The molecule has 2 aromatic heterocycles. The van der Waals surface area contributed by atoms with Crippen molar-refractivity contribution in [3.05, 3.63) is 35.4 Å². The van der Waals surface area contributed by atoms with Crippen molar-refractivity contribution in [1.29, 1.82) is 0 Å². The van der Waals surface area contributed by atoms with Gasteiger partial charge in [0.25, 0.3) is 0 Å². The molecule has 14 heteroatoms. The van der Waals surface area contributed by atoms with E-state index in [1.165, 1.54) is 29.6 Å². The average molecular weight is 551 g/mol. The Labute approximate surface area is 220 Å². The first-order chi connectivity index (χ1) is 18.3. The number of benzene rings is 1. The summed E-state index contributed by atoms with van der Waals surface area (Å²) in [7, 11) is 1.23. The van der Waals surface area contributed by atoms with Crippen LogP contribution in [-0.4, -0.2) is 85.0 Å². The fraction of sp³-hybridized carbons (Fsp3) is 0.542. The predicted molar refractivity (Wildman–Crippen MR) is 133 cm³/mol. The summed E-state index contributed by atoms with van der Waals surface area (Å²) in [6.07, 6.45) is -1.52. The third kappa shape index (κ3) is 5.30. The van der Waals surface area contributed by atoms with Gasteiger partial charge in [-0.05, 0) is 30.5 Å². The molecular weight excluding hydrogens is 522 g/mol. The summed E-state index contributed by atoms with van der Waals surface area (Å²) >= 11 is 1.46. The summed E-state index contributed by atoms with van der Waals surface area (Å²) in [5, 5.41) is 33.6. The van der Waals surface area contributed by atoms with Gasteiger partial charge in [0.05, 0.1) is 19.3 Å². The number of nitrogens with one attached hydrogen (secondary N) is 1. The fourth-order valence-electron chi connectivity index (χ4n) is 4.64. The van der Waals surface area contributed by atoms with E-state index in [0.717, 1.165) is 18.2 Å². The van der Waals surface area contributed by atoms with Gasteiger partial charge in [0, 0.05) is 24.1 Å². The van der Waals surface area contributed by atoms with Crippen LogP contribution in [0.1, 0.15) is 43.7 Å². The van der Waals surface area contributed by atoms with E-state index in [4.69, 9.17) is 4.74 Å². The molecule has 0 aliphatic heterocycles. The molecule has 1 unspecified atom stereocenters. The Morgan fingerprint density at radius 2 is 2.03 bits per heavy atom. The molecule has 0 radical (unpaired) electrons. The van der Waals surface area contributed by atoms with Crippen LogP contribution in [0.2, 0.25) is 0 Å². The molecule has 1 aromatic carbocycles. The van der Waals surface area contributed by atoms with Crippen molar-refractivity contribution >= 4 is 34.7 Å². The molecule has 0 bridgehead atoms. The summed E-state index contributed by atoms with van der Waals surface area (Å²) in [5.41, 5.74) is 1.44. The van der Waals surface area contributed by atoms with Crippen LogP contribution in [0.3, 0.4) is 0 Å². The smallest absolute Gasteiger partial charge is 0.331 e. The number of carbonyl (C=O) groups excluding carboxylic acids is 1. The Balaban J connectivity index is 1.40. The fourth-order valence-corrected chi connectivity index (χ4v) is 5.34. The number of nitrogens with zero attached hydrogens (tertiary/aromatic N) is 5.